The van der Waals surface area contributed by atoms with Crippen molar-refractivity contribution in [3.8, 4) is 11.8 Å². The summed E-state index contributed by atoms with van der Waals surface area (Å²) < 4.78 is 0. The summed E-state index contributed by atoms with van der Waals surface area (Å²) in [5, 5.41) is 11.7. The fraction of sp³-hybridized carbons (Fsp3) is 0.0909. The summed E-state index contributed by atoms with van der Waals surface area (Å²) in [5.74, 6) is 4.80. The Morgan fingerprint density at radius 2 is 1.64 bits per heavy atom. The van der Waals surface area contributed by atoms with Crippen LogP contribution in [0.4, 0.5) is 0 Å². The number of hydrogen-bond donors (Lipinski definition) is 2. The number of carbonyl (C=O) groups excluding carboxylic acids is 1. The Morgan fingerprint density at radius 1 is 0.929 bits per heavy atom. The Morgan fingerprint density at radius 3 is 2.36 bits per heavy atom. The first-order valence-corrected chi connectivity index (χ1v) is 8.55. The molecule has 0 saturated carbocycles. The van der Waals surface area contributed by atoms with Crippen LogP contribution in [0.15, 0.2) is 67.3 Å². The lowest BCUT2D eigenvalue weighted by Gasteiger charge is -2.07. The van der Waals surface area contributed by atoms with E-state index in [0.717, 1.165) is 11.1 Å². The number of pyridine rings is 2. The molecule has 0 aliphatic heterocycles. The van der Waals surface area contributed by atoms with Crippen LogP contribution in [0, 0.1) is 11.8 Å². The van der Waals surface area contributed by atoms with Crippen LogP contribution in [-0.4, -0.2) is 27.0 Å². The second-order valence-electron chi connectivity index (χ2n) is 5.94. The Labute approximate surface area is 162 Å². The van der Waals surface area contributed by atoms with Crippen molar-refractivity contribution in [3.05, 3.63) is 95.1 Å². The van der Waals surface area contributed by atoms with Crippen LogP contribution < -0.4 is 5.32 Å². The normalized spacial score (nSPS) is 9.86. The summed E-state index contributed by atoms with van der Waals surface area (Å²) in [4.78, 5) is 31.4. The molecule has 1 amide bonds. The van der Waals surface area contributed by atoms with E-state index < -0.39 is 5.97 Å². The van der Waals surface area contributed by atoms with Gasteiger partial charge in [-0.15, -0.1) is 0 Å². The molecule has 0 atom stereocenters. The lowest BCUT2D eigenvalue weighted by Crippen LogP contribution is -2.23. The molecule has 3 aromatic rings. The third-order valence-corrected chi connectivity index (χ3v) is 3.98. The van der Waals surface area contributed by atoms with Gasteiger partial charge in [0.25, 0.3) is 5.91 Å². The van der Waals surface area contributed by atoms with E-state index in [-0.39, 0.29) is 18.0 Å². The van der Waals surface area contributed by atoms with Crippen molar-refractivity contribution >= 4 is 11.9 Å². The Balaban J connectivity index is 1.66. The number of aromatic nitrogens is 2. The van der Waals surface area contributed by atoms with Crippen molar-refractivity contribution < 1.29 is 14.7 Å². The highest BCUT2D eigenvalue weighted by atomic mass is 16.4. The van der Waals surface area contributed by atoms with E-state index in [9.17, 15) is 9.59 Å². The summed E-state index contributed by atoms with van der Waals surface area (Å²) in [6.45, 7) is 0.283. The Hall–Kier alpha value is -3.98. The average Bonchev–Trinajstić information content (AvgIpc) is 2.73. The van der Waals surface area contributed by atoms with Gasteiger partial charge in [-0.05, 0) is 41.5 Å². The predicted molar refractivity (Wildman–Crippen MR) is 104 cm³/mol. The highest BCUT2D eigenvalue weighted by Gasteiger charge is 2.10. The van der Waals surface area contributed by atoms with Crippen LogP contribution in [0.2, 0.25) is 0 Å². The van der Waals surface area contributed by atoms with E-state index in [2.05, 4.69) is 27.1 Å². The molecule has 1 aromatic carbocycles. The first-order valence-electron chi connectivity index (χ1n) is 8.55. The van der Waals surface area contributed by atoms with E-state index >= 15 is 0 Å². The molecule has 6 nitrogen and oxygen atoms in total. The number of carbonyl (C=O) groups is 2. The second kappa shape index (κ2) is 9.10. The topological polar surface area (TPSA) is 92.2 Å². The molecule has 0 unspecified atom stereocenters. The minimum Gasteiger partial charge on any atom is -0.478 e. The van der Waals surface area contributed by atoms with Gasteiger partial charge in [0.05, 0.1) is 16.7 Å². The molecule has 2 aromatic heterocycles. The van der Waals surface area contributed by atoms with Crippen LogP contribution in [0.5, 0.6) is 0 Å². The Bertz CT molecular complexity index is 1040. The number of rotatable bonds is 5. The molecule has 2 N–H and O–H groups in total. The molecule has 0 bridgehead atoms. The molecular formula is C22H17N3O3. The van der Waals surface area contributed by atoms with Crippen molar-refractivity contribution in [1.29, 1.82) is 0 Å². The van der Waals surface area contributed by atoms with Gasteiger partial charge in [-0.2, -0.15) is 0 Å². The van der Waals surface area contributed by atoms with Gasteiger partial charge in [0.15, 0.2) is 0 Å². The molecule has 2 heterocycles. The molecule has 6 heteroatoms. The highest BCUT2D eigenvalue weighted by Crippen LogP contribution is 2.08. The summed E-state index contributed by atoms with van der Waals surface area (Å²) in [6.07, 6.45) is 7.08. The molecular weight excluding hydrogens is 354 g/mol. The van der Waals surface area contributed by atoms with E-state index in [4.69, 9.17) is 5.11 Å². The molecule has 28 heavy (non-hydrogen) atoms. The van der Waals surface area contributed by atoms with E-state index in [1.165, 1.54) is 12.1 Å². The van der Waals surface area contributed by atoms with Crippen LogP contribution in [-0.2, 0) is 13.0 Å². The summed E-state index contributed by atoms with van der Waals surface area (Å²) in [5.41, 5.74) is 3.05. The van der Waals surface area contributed by atoms with E-state index in [1.807, 2.05) is 12.1 Å². The monoisotopic (exact) mass is 371 g/mol. The van der Waals surface area contributed by atoms with Crippen molar-refractivity contribution in [3.63, 3.8) is 0 Å². The number of carboxylic acids is 1. The van der Waals surface area contributed by atoms with Crippen LogP contribution >= 0.6 is 0 Å². The molecule has 138 valence electrons. The molecule has 0 spiro atoms. The van der Waals surface area contributed by atoms with Gasteiger partial charge in [-0.3, -0.25) is 14.8 Å². The van der Waals surface area contributed by atoms with Gasteiger partial charge in [0, 0.05) is 37.8 Å². The third kappa shape index (κ3) is 5.02. The number of nitrogens with one attached hydrogen (secondary N) is 1. The molecule has 0 aliphatic rings. The number of nitrogens with zero attached hydrogens (tertiary/aromatic N) is 2. The summed E-state index contributed by atoms with van der Waals surface area (Å²) in [7, 11) is 0. The second-order valence-corrected chi connectivity index (χ2v) is 5.94. The van der Waals surface area contributed by atoms with Crippen molar-refractivity contribution in [2.75, 3.05) is 0 Å². The van der Waals surface area contributed by atoms with Crippen molar-refractivity contribution in [1.82, 2.24) is 15.3 Å². The summed E-state index contributed by atoms with van der Waals surface area (Å²) >= 11 is 0. The fourth-order valence-electron chi connectivity index (χ4n) is 2.48. The number of aromatic carboxylic acids is 1. The maximum Gasteiger partial charge on any atom is 0.335 e. The average molecular weight is 371 g/mol. The first kappa shape index (κ1) is 18.8. The van der Waals surface area contributed by atoms with Gasteiger partial charge >= 0.3 is 5.97 Å². The van der Waals surface area contributed by atoms with Gasteiger partial charge in [0.1, 0.15) is 0 Å². The van der Waals surface area contributed by atoms with Gasteiger partial charge in [0.2, 0.25) is 0 Å². The molecule has 0 fully saturated rings. The minimum absolute atomic E-state index is 0.205. The van der Waals surface area contributed by atoms with E-state index in [0.29, 0.717) is 17.5 Å². The molecule has 0 aliphatic carbocycles. The third-order valence-electron chi connectivity index (χ3n) is 3.98. The van der Waals surface area contributed by atoms with E-state index in [1.54, 1.807) is 43.0 Å². The smallest absolute Gasteiger partial charge is 0.335 e. The SMILES string of the molecule is O=C(O)c1ccc(CNC(=O)c2ccncc2C#CCc2ccncc2)cc1. The minimum atomic E-state index is -0.984. The predicted octanol–water partition coefficient (Wildman–Crippen LogP) is 2.70. The molecule has 0 radical (unpaired) electrons. The zero-order chi connectivity index (χ0) is 19.8. The fourth-order valence-corrected chi connectivity index (χ4v) is 2.48. The lowest BCUT2D eigenvalue weighted by molar-refractivity contribution is 0.0696. The van der Waals surface area contributed by atoms with Crippen LogP contribution in [0.3, 0.4) is 0 Å². The number of hydrogen-bond acceptors (Lipinski definition) is 4. The Kier molecular flexibility index (Phi) is 6.11. The van der Waals surface area contributed by atoms with Gasteiger partial charge in [-0.1, -0.05) is 24.0 Å². The first-order chi connectivity index (χ1) is 13.6. The maximum atomic E-state index is 12.5. The lowest BCUT2D eigenvalue weighted by atomic mass is 10.1. The number of carboxylic acid groups (broad SMARTS) is 1. The maximum absolute atomic E-state index is 12.5. The largest absolute Gasteiger partial charge is 0.478 e. The van der Waals surface area contributed by atoms with Gasteiger partial charge in [-0.25, -0.2) is 4.79 Å². The number of benzene rings is 1. The summed E-state index contributed by atoms with van der Waals surface area (Å²) in [6, 6.07) is 11.8. The van der Waals surface area contributed by atoms with Gasteiger partial charge < -0.3 is 10.4 Å². The zero-order valence-electron chi connectivity index (χ0n) is 14.9. The standard InChI is InChI=1S/C22H17N3O3/c26-21(25-14-17-4-6-18(7-5-17)22(27)28)20-10-13-24-15-19(20)3-1-2-16-8-11-23-12-9-16/h4-13,15H,2,14H2,(H,25,26)(H,27,28). The van der Waals surface area contributed by atoms with Crippen molar-refractivity contribution in [2.45, 2.75) is 13.0 Å². The van der Waals surface area contributed by atoms with Crippen molar-refractivity contribution in [2.24, 2.45) is 0 Å². The van der Waals surface area contributed by atoms with Crippen LogP contribution in [0.1, 0.15) is 37.4 Å². The molecule has 0 saturated heterocycles. The van der Waals surface area contributed by atoms with Crippen LogP contribution in [0.25, 0.3) is 0 Å². The molecule has 3 rings (SSSR count). The number of amides is 1. The zero-order valence-corrected chi connectivity index (χ0v) is 14.9. The quantitative estimate of drug-likeness (QED) is 0.673. The highest BCUT2D eigenvalue weighted by molar-refractivity contribution is 5.96.